The van der Waals surface area contributed by atoms with Gasteiger partial charge in [-0.3, -0.25) is 4.72 Å². The van der Waals surface area contributed by atoms with Gasteiger partial charge < -0.3 is 4.98 Å². The third-order valence-electron chi connectivity index (χ3n) is 3.04. The van der Waals surface area contributed by atoms with E-state index in [4.69, 9.17) is 0 Å². The zero-order valence-electron chi connectivity index (χ0n) is 10.4. The molecule has 2 N–H and O–H groups in total. The van der Waals surface area contributed by atoms with Gasteiger partial charge in [0.05, 0.1) is 11.9 Å². The van der Waals surface area contributed by atoms with E-state index in [0.29, 0.717) is 11.0 Å². The average molecular weight is 298 g/mol. The van der Waals surface area contributed by atoms with Gasteiger partial charge in [-0.15, -0.1) is 11.3 Å². The molecule has 0 radical (unpaired) electrons. The van der Waals surface area contributed by atoms with Crippen molar-refractivity contribution in [1.29, 1.82) is 0 Å². The van der Waals surface area contributed by atoms with Crippen LogP contribution in [0.5, 0.6) is 0 Å². The molecule has 0 unspecified atom stereocenters. The monoisotopic (exact) mass is 298 g/mol. The van der Waals surface area contributed by atoms with E-state index >= 15 is 0 Å². The maximum absolute atomic E-state index is 12.1. The molecule has 3 rings (SSSR count). The molecule has 0 bridgehead atoms. The molecule has 2 aromatic heterocycles. The smallest absolute Gasteiger partial charge is 0.280 e. The largest absolute Gasteiger partial charge is 0.332 e. The summed E-state index contributed by atoms with van der Waals surface area (Å²) in [6, 6.07) is 0. The Morgan fingerprint density at radius 1 is 1.37 bits per heavy atom. The first-order valence-electron chi connectivity index (χ1n) is 6.07. The summed E-state index contributed by atoms with van der Waals surface area (Å²) in [6.07, 6.45) is 5.53. The minimum Gasteiger partial charge on any atom is -0.332 e. The Hall–Kier alpha value is -1.41. The maximum Gasteiger partial charge on any atom is 0.280 e. The highest BCUT2D eigenvalue weighted by atomic mass is 32.2. The molecule has 0 atom stereocenters. The second kappa shape index (κ2) is 4.61. The molecule has 0 spiro atoms. The fourth-order valence-electron chi connectivity index (χ4n) is 2.10. The summed E-state index contributed by atoms with van der Waals surface area (Å²) in [6.45, 7) is 1.71. The number of nitrogens with zero attached hydrogens (tertiary/aromatic N) is 2. The molecule has 2 aromatic rings. The third kappa shape index (κ3) is 2.50. The van der Waals surface area contributed by atoms with E-state index in [-0.39, 0.29) is 5.03 Å². The van der Waals surface area contributed by atoms with Gasteiger partial charge in [-0.2, -0.15) is 8.42 Å². The van der Waals surface area contributed by atoms with Crippen molar-refractivity contribution < 1.29 is 8.42 Å². The van der Waals surface area contributed by atoms with E-state index in [1.54, 1.807) is 6.92 Å². The number of imidazole rings is 1. The average Bonchev–Trinajstić information content (AvgIpc) is 2.94. The second-order valence-electron chi connectivity index (χ2n) is 4.53. The topological polar surface area (TPSA) is 87.7 Å². The van der Waals surface area contributed by atoms with Gasteiger partial charge in [0.25, 0.3) is 10.0 Å². The van der Waals surface area contributed by atoms with Gasteiger partial charge >= 0.3 is 0 Å². The zero-order valence-corrected chi connectivity index (χ0v) is 12.1. The number of thiazole rings is 1. The van der Waals surface area contributed by atoms with Crippen LogP contribution in [0.1, 0.15) is 29.2 Å². The molecular formula is C11H14N4O2S2. The Balaban J connectivity index is 1.86. The van der Waals surface area contributed by atoms with E-state index in [1.165, 1.54) is 22.4 Å². The number of nitrogens with one attached hydrogen (secondary N) is 2. The van der Waals surface area contributed by atoms with Crippen molar-refractivity contribution in [3.63, 3.8) is 0 Å². The lowest BCUT2D eigenvalue weighted by molar-refractivity contribution is 0.598. The number of fused-ring (bicyclic) bond motifs is 1. The standard InChI is InChI=1S/C11H14N4O2S2/c1-7-12-6-10(13-7)19(16,17)15-11-14-8-4-2-3-5-9(8)18-11/h6H,2-5H2,1H3,(H,12,13)(H,14,15). The molecule has 8 heteroatoms. The summed E-state index contributed by atoms with van der Waals surface area (Å²) in [7, 11) is -3.61. The van der Waals surface area contributed by atoms with Crippen molar-refractivity contribution >= 4 is 26.5 Å². The summed E-state index contributed by atoms with van der Waals surface area (Å²) >= 11 is 1.43. The quantitative estimate of drug-likeness (QED) is 0.905. The Bertz CT molecular complexity index is 679. The first kappa shape index (κ1) is 12.6. The van der Waals surface area contributed by atoms with E-state index in [9.17, 15) is 8.42 Å². The highest BCUT2D eigenvalue weighted by Crippen LogP contribution is 2.30. The van der Waals surface area contributed by atoms with Crippen molar-refractivity contribution in [1.82, 2.24) is 15.0 Å². The van der Waals surface area contributed by atoms with E-state index in [1.807, 2.05) is 0 Å². The summed E-state index contributed by atoms with van der Waals surface area (Å²) in [4.78, 5) is 12.2. The van der Waals surface area contributed by atoms with Crippen molar-refractivity contribution in [2.45, 2.75) is 37.6 Å². The van der Waals surface area contributed by atoms with Crippen LogP contribution in [0.2, 0.25) is 0 Å². The summed E-state index contributed by atoms with van der Waals surface area (Å²) in [5.41, 5.74) is 1.04. The second-order valence-corrected chi connectivity index (χ2v) is 7.27. The molecule has 0 saturated carbocycles. The molecular weight excluding hydrogens is 284 g/mol. The lowest BCUT2D eigenvalue weighted by atomic mass is 10.0. The fraction of sp³-hybridized carbons (Fsp3) is 0.455. The van der Waals surface area contributed by atoms with Crippen molar-refractivity contribution in [2.75, 3.05) is 4.72 Å². The van der Waals surface area contributed by atoms with Crippen LogP contribution in [0.15, 0.2) is 11.2 Å². The Morgan fingerprint density at radius 3 is 2.84 bits per heavy atom. The van der Waals surface area contributed by atoms with Gasteiger partial charge in [0.2, 0.25) is 0 Å². The predicted octanol–water partition coefficient (Wildman–Crippen LogP) is 1.85. The number of H-pyrrole nitrogens is 1. The Morgan fingerprint density at radius 2 is 2.16 bits per heavy atom. The van der Waals surface area contributed by atoms with Gasteiger partial charge in [-0.1, -0.05) is 0 Å². The van der Waals surface area contributed by atoms with Crippen LogP contribution >= 0.6 is 11.3 Å². The van der Waals surface area contributed by atoms with Crippen LogP contribution in [0.3, 0.4) is 0 Å². The maximum atomic E-state index is 12.1. The van der Waals surface area contributed by atoms with Gasteiger partial charge in [0.1, 0.15) is 5.82 Å². The molecule has 1 aliphatic rings. The lowest BCUT2D eigenvalue weighted by Gasteiger charge is -2.06. The molecule has 0 saturated heterocycles. The molecule has 102 valence electrons. The third-order valence-corrected chi connectivity index (χ3v) is 5.49. The van der Waals surface area contributed by atoms with Gasteiger partial charge in [-0.05, 0) is 32.6 Å². The van der Waals surface area contributed by atoms with Crippen LogP contribution in [0.25, 0.3) is 0 Å². The molecule has 0 amide bonds. The van der Waals surface area contributed by atoms with Gasteiger partial charge in [0.15, 0.2) is 10.2 Å². The molecule has 6 nitrogen and oxygen atoms in total. The number of aryl methyl sites for hydroxylation is 3. The van der Waals surface area contributed by atoms with Crippen molar-refractivity contribution in [3.05, 3.63) is 22.6 Å². The Labute approximate surface area is 115 Å². The molecule has 0 fully saturated rings. The summed E-state index contributed by atoms with van der Waals surface area (Å²) < 4.78 is 26.7. The zero-order chi connectivity index (χ0) is 13.5. The SMILES string of the molecule is Cc1ncc(S(=O)(=O)Nc2nc3c(s2)CCCC3)[nH]1. The number of sulfonamides is 1. The van der Waals surface area contributed by atoms with Crippen LogP contribution in [0, 0.1) is 6.92 Å². The van der Waals surface area contributed by atoms with Crippen molar-refractivity contribution in [2.24, 2.45) is 0 Å². The van der Waals surface area contributed by atoms with Crippen LogP contribution in [-0.4, -0.2) is 23.4 Å². The number of aromatic nitrogens is 3. The normalized spacial score (nSPS) is 15.2. The minimum atomic E-state index is -3.61. The number of aromatic amines is 1. The van der Waals surface area contributed by atoms with E-state index in [2.05, 4.69) is 19.7 Å². The highest BCUT2D eigenvalue weighted by molar-refractivity contribution is 7.92. The van der Waals surface area contributed by atoms with Crippen LogP contribution in [0.4, 0.5) is 5.13 Å². The summed E-state index contributed by atoms with van der Waals surface area (Å²) in [5, 5.41) is 0.511. The van der Waals surface area contributed by atoms with Crippen LogP contribution < -0.4 is 4.72 Å². The molecule has 1 aliphatic carbocycles. The predicted molar refractivity (Wildman–Crippen MR) is 72.9 cm³/mol. The number of anilines is 1. The molecule has 0 aliphatic heterocycles. The Kier molecular flexibility index (Phi) is 3.06. The molecule has 2 heterocycles. The van der Waals surface area contributed by atoms with Crippen molar-refractivity contribution in [3.8, 4) is 0 Å². The van der Waals surface area contributed by atoms with E-state index < -0.39 is 10.0 Å². The first-order valence-corrected chi connectivity index (χ1v) is 8.37. The first-order chi connectivity index (χ1) is 9.04. The number of rotatable bonds is 3. The van der Waals surface area contributed by atoms with Crippen LogP contribution in [-0.2, 0) is 22.9 Å². The van der Waals surface area contributed by atoms with E-state index in [0.717, 1.165) is 31.4 Å². The number of hydrogen-bond acceptors (Lipinski definition) is 5. The fourth-order valence-corrected chi connectivity index (χ4v) is 4.36. The molecule has 0 aromatic carbocycles. The number of hydrogen-bond donors (Lipinski definition) is 2. The molecule has 19 heavy (non-hydrogen) atoms. The van der Waals surface area contributed by atoms with Gasteiger partial charge in [-0.25, -0.2) is 9.97 Å². The van der Waals surface area contributed by atoms with Gasteiger partial charge in [0, 0.05) is 4.88 Å². The minimum absolute atomic E-state index is 0.0678. The summed E-state index contributed by atoms with van der Waals surface area (Å²) in [5.74, 6) is 0.568. The highest BCUT2D eigenvalue weighted by Gasteiger charge is 2.21. The lowest BCUT2D eigenvalue weighted by Crippen LogP contribution is -2.13.